The summed E-state index contributed by atoms with van der Waals surface area (Å²) in [6, 6.07) is 2.45. The molecule has 0 aliphatic rings. The van der Waals surface area contributed by atoms with Gasteiger partial charge in [-0.1, -0.05) is 11.8 Å². The average Bonchev–Trinajstić information content (AvgIpc) is 2.39. The number of hydrogen-bond donors (Lipinski definition) is 3. The molecule has 3 N–H and O–H groups in total. The lowest BCUT2D eigenvalue weighted by Crippen LogP contribution is -2.36. The van der Waals surface area contributed by atoms with E-state index in [0.29, 0.717) is 5.56 Å². The first kappa shape index (κ1) is 16.8. The maximum absolute atomic E-state index is 13.6. The minimum atomic E-state index is -4.54. The lowest BCUT2D eigenvalue weighted by atomic mass is 10.2. The molecule has 0 fully saturated rings. The Morgan fingerprint density at radius 1 is 1.33 bits per heavy atom. The first-order valence-electron chi connectivity index (χ1n) is 5.82. The lowest BCUT2D eigenvalue weighted by molar-refractivity contribution is -0.122. The molecule has 8 heteroatoms. The van der Waals surface area contributed by atoms with Crippen molar-refractivity contribution < 1.29 is 27.5 Å². The predicted octanol–water partition coefficient (Wildman–Crippen LogP) is 2.24. The van der Waals surface area contributed by atoms with Gasteiger partial charge < -0.3 is 15.7 Å². The first-order chi connectivity index (χ1) is 9.81. The van der Waals surface area contributed by atoms with Crippen LogP contribution in [0, 0.1) is 17.7 Å². The van der Waals surface area contributed by atoms with Gasteiger partial charge in [0.25, 0.3) is 0 Å². The van der Waals surface area contributed by atoms with E-state index in [-0.39, 0.29) is 18.7 Å². The number of benzene rings is 1. The molecule has 0 atom stereocenters. The number of halogens is 4. The van der Waals surface area contributed by atoms with E-state index >= 15 is 0 Å². The second-order valence-corrected chi connectivity index (χ2v) is 3.89. The van der Waals surface area contributed by atoms with Crippen molar-refractivity contribution >= 4 is 11.7 Å². The molecule has 21 heavy (non-hydrogen) atoms. The van der Waals surface area contributed by atoms with Gasteiger partial charge in [-0.25, -0.2) is 9.18 Å². The minimum Gasteiger partial charge on any atom is -0.395 e. The number of hydrogen-bond acceptors (Lipinski definition) is 2. The SMILES string of the molecule is O=C(NCC(F)(F)F)Nc1ccc(C#CCCO)cc1F. The standard InChI is InChI=1S/C13H12F4N2O2/c14-10-7-9(3-1-2-6-20)4-5-11(10)19-12(21)18-8-13(15,16)17/h4-5,7,20H,2,6,8H2,(H2,18,19,21). The number of carbonyl (C=O) groups excluding carboxylic acids is 1. The number of anilines is 1. The van der Waals surface area contributed by atoms with E-state index in [0.717, 1.165) is 6.07 Å². The van der Waals surface area contributed by atoms with Gasteiger partial charge in [-0.3, -0.25) is 0 Å². The molecule has 0 aliphatic carbocycles. The number of amides is 2. The fraction of sp³-hybridized carbons (Fsp3) is 0.308. The van der Waals surface area contributed by atoms with Crippen molar-refractivity contribution in [1.82, 2.24) is 5.32 Å². The predicted molar refractivity (Wildman–Crippen MR) is 68.1 cm³/mol. The minimum absolute atomic E-state index is 0.117. The first-order valence-corrected chi connectivity index (χ1v) is 5.82. The van der Waals surface area contributed by atoms with Gasteiger partial charge in [-0.05, 0) is 18.2 Å². The molecule has 1 aromatic rings. The second-order valence-electron chi connectivity index (χ2n) is 3.89. The van der Waals surface area contributed by atoms with Crippen LogP contribution in [0.1, 0.15) is 12.0 Å². The molecule has 0 aliphatic heterocycles. The van der Waals surface area contributed by atoms with Gasteiger partial charge in [0.1, 0.15) is 12.4 Å². The molecular weight excluding hydrogens is 292 g/mol. The van der Waals surface area contributed by atoms with Crippen LogP contribution in [0.15, 0.2) is 18.2 Å². The van der Waals surface area contributed by atoms with E-state index < -0.39 is 24.6 Å². The van der Waals surface area contributed by atoms with E-state index in [2.05, 4.69) is 11.8 Å². The van der Waals surface area contributed by atoms with E-state index in [1.165, 1.54) is 12.1 Å². The van der Waals surface area contributed by atoms with Crippen molar-refractivity contribution in [3.05, 3.63) is 29.6 Å². The van der Waals surface area contributed by atoms with Crippen molar-refractivity contribution in [3.8, 4) is 11.8 Å². The van der Waals surface area contributed by atoms with Gasteiger partial charge in [-0.2, -0.15) is 13.2 Å². The summed E-state index contributed by atoms with van der Waals surface area (Å²) in [4.78, 5) is 11.2. The molecule has 4 nitrogen and oxygen atoms in total. The summed E-state index contributed by atoms with van der Waals surface area (Å²) in [5.74, 6) is 4.34. The Morgan fingerprint density at radius 2 is 2.05 bits per heavy atom. The van der Waals surface area contributed by atoms with Crippen molar-refractivity contribution in [3.63, 3.8) is 0 Å². The Morgan fingerprint density at radius 3 is 2.62 bits per heavy atom. The Kier molecular flexibility index (Phi) is 5.99. The summed E-state index contributed by atoms with van der Waals surface area (Å²) in [7, 11) is 0. The summed E-state index contributed by atoms with van der Waals surface area (Å²) < 4.78 is 49.3. The van der Waals surface area contributed by atoms with Crippen molar-refractivity contribution in [1.29, 1.82) is 0 Å². The summed E-state index contributed by atoms with van der Waals surface area (Å²) in [5, 5.41) is 12.1. The Balaban J connectivity index is 2.65. The molecule has 0 spiro atoms. The third-order valence-electron chi connectivity index (χ3n) is 2.14. The molecule has 0 aromatic heterocycles. The number of nitrogens with one attached hydrogen (secondary N) is 2. The number of aliphatic hydroxyl groups excluding tert-OH is 1. The van der Waals surface area contributed by atoms with Gasteiger partial charge in [0.05, 0.1) is 12.3 Å². The van der Waals surface area contributed by atoms with E-state index in [1.807, 2.05) is 5.32 Å². The van der Waals surface area contributed by atoms with Crippen LogP contribution in [0.25, 0.3) is 0 Å². The van der Waals surface area contributed by atoms with Gasteiger partial charge in [0, 0.05) is 12.0 Å². The molecule has 0 bridgehead atoms. The Labute approximate surface area is 118 Å². The Hall–Kier alpha value is -2.27. The maximum Gasteiger partial charge on any atom is 0.405 e. The van der Waals surface area contributed by atoms with Crippen molar-refractivity contribution in [2.45, 2.75) is 12.6 Å². The zero-order chi connectivity index (χ0) is 15.9. The number of aliphatic hydroxyl groups is 1. The highest BCUT2D eigenvalue weighted by molar-refractivity contribution is 5.89. The van der Waals surface area contributed by atoms with Crippen molar-refractivity contribution in [2.75, 3.05) is 18.5 Å². The molecule has 114 valence electrons. The van der Waals surface area contributed by atoms with Crippen LogP contribution >= 0.6 is 0 Å². The summed E-state index contributed by atoms with van der Waals surface area (Å²) in [6.45, 7) is -1.63. The van der Waals surface area contributed by atoms with Gasteiger partial charge in [0.2, 0.25) is 0 Å². The van der Waals surface area contributed by atoms with Crippen molar-refractivity contribution in [2.24, 2.45) is 0 Å². The van der Waals surface area contributed by atoms with E-state index in [1.54, 1.807) is 5.32 Å². The van der Waals surface area contributed by atoms with Gasteiger partial charge in [0.15, 0.2) is 0 Å². The maximum atomic E-state index is 13.6. The van der Waals surface area contributed by atoms with E-state index in [9.17, 15) is 22.4 Å². The zero-order valence-corrected chi connectivity index (χ0v) is 10.7. The highest BCUT2D eigenvalue weighted by Gasteiger charge is 2.27. The Bertz CT molecular complexity index is 562. The second kappa shape index (κ2) is 7.50. The zero-order valence-electron chi connectivity index (χ0n) is 10.7. The molecule has 0 unspecified atom stereocenters. The highest BCUT2D eigenvalue weighted by Crippen LogP contribution is 2.16. The fourth-order valence-electron chi connectivity index (χ4n) is 1.26. The molecule has 1 rings (SSSR count). The largest absolute Gasteiger partial charge is 0.405 e. The number of alkyl halides is 3. The molecule has 0 saturated heterocycles. The quantitative estimate of drug-likeness (QED) is 0.592. The molecular formula is C13H12F4N2O2. The van der Waals surface area contributed by atoms with Crippen LogP contribution in [-0.2, 0) is 0 Å². The van der Waals surface area contributed by atoms with Crippen LogP contribution < -0.4 is 10.6 Å². The third-order valence-corrected chi connectivity index (χ3v) is 2.14. The third kappa shape index (κ3) is 6.63. The number of urea groups is 1. The van der Waals surface area contributed by atoms with Crippen LogP contribution in [0.5, 0.6) is 0 Å². The van der Waals surface area contributed by atoms with Gasteiger partial charge in [-0.15, -0.1) is 0 Å². The number of rotatable bonds is 3. The summed E-state index contributed by atoms with van der Waals surface area (Å²) >= 11 is 0. The lowest BCUT2D eigenvalue weighted by Gasteiger charge is -2.10. The normalized spacial score (nSPS) is 10.5. The summed E-state index contributed by atoms with van der Waals surface area (Å²) in [5.41, 5.74) is 0.0598. The smallest absolute Gasteiger partial charge is 0.395 e. The van der Waals surface area contributed by atoms with Crippen LogP contribution in [0.2, 0.25) is 0 Å². The van der Waals surface area contributed by atoms with E-state index in [4.69, 9.17) is 5.11 Å². The molecule has 2 amide bonds. The van der Waals surface area contributed by atoms with Crippen LogP contribution in [0.4, 0.5) is 28.0 Å². The number of carbonyl (C=O) groups is 1. The molecule has 0 radical (unpaired) electrons. The van der Waals surface area contributed by atoms with Crippen LogP contribution in [0.3, 0.4) is 0 Å². The fourth-order valence-corrected chi connectivity index (χ4v) is 1.26. The van der Waals surface area contributed by atoms with Crippen LogP contribution in [-0.4, -0.2) is 30.5 Å². The molecule has 0 saturated carbocycles. The highest BCUT2D eigenvalue weighted by atomic mass is 19.4. The average molecular weight is 304 g/mol. The molecule has 1 aromatic carbocycles. The summed E-state index contributed by atoms with van der Waals surface area (Å²) in [6.07, 6.45) is -4.30. The molecule has 0 heterocycles. The monoisotopic (exact) mass is 304 g/mol. The topological polar surface area (TPSA) is 61.4 Å². The van der Waals surface area contributed by atoms with Gasteiger partial charge >= 0.3 is 12.2 Å².